The Morgan fingerprint density at radius 1 is 0.618 bits per heavy atom. The van der Waals surface area contributed by atoms with Crippen LogP contribution in [0.2, 0.25) is 5.02 Å². The molecule has 5 rings (SSSR count). The van der Waals surface area contributed by atoms with Gasteiger partial charge < -0.3 is 5.32 Å². The van der Waals surface area contributed by atoms with Gasteiger partial charge in [-0.15, -0.1) is 0 Å². The van der Waals surface area contributed by atoms with Crippen LogP contribution in [0.3, 0.4) is 0 Å². The number of hydrogen-bond donors (Lipinski definition) is 1. The first-order valence-corrected chi connectivity index (χ1v) is 11.7. The van der Waals surface area contributed by atoms with Gasteiger partial charge in [-0.2, -0.15) is 0 Å². The second-order valence-corrected chi connectivity index (χ2v) is 8.79. The first-order valence-electron chi connectivity index (χ1n) is 11.3. The maximum atomic E-state index is 14.0. The highest BCUT2D eigenvalue weighted by molar-refractivity contribution is 6.30. The maximum Gasteiger partial charge on any atom is 0.172 e. The third kappa shape index (κ3) is 4.73. The fourth-order valence-electron chi connectivity index (χ4n) is 4.46. The van der Waals surface area contributed by atoms with E-state index in [9.17, 15) is 4.79 Å². The highest BCUT2D eigenvalue weighted by Gasteiger charge is 2.32. The highest BCUT2D eigenvalue weighted by atomic mass is 35.5. The van der Waals surface area contributed by atoms with Gasteiger partial charge in [-0.1, -0.05) is 115 Å². The number of nitrogens with one attached hydrogen (secondary N) is 1. The number of Topliss-reactive ketones (excluding diaryl/α,β-unsaturated/α-hetero) is 1. The summed E-state index contributed by atoms with van der Waals surface area (Å²) >= 11 is 6.40. The van der Waals surface area contributed by atoms with E-state index < -0.39 is 5.92 Å². The van der Waals surface area contributed by atoms with Gasteiger partial charge in [0.1, 0.15) is 0 Å². The molecule has 2 nitrogen and oxygen atoms in total. The molecule has 2 unspecified atom stereocenters. The molecule has 0 aliphatic rings. The molecule has 0 saturated carbocycles. The van der Waals surface area contributed by atoms with E-state index in [4.69, 9.17) is 11.6 Å². The molecular weight excluding hydrogens is 438 g/mol. The molecule has 2 atom stereocenters. The van der Waals surface area contributed by atoms with Gasteiger partial charge in [0.05, 0.1) is 12.0 Å². The zero-order chi connectivity index (χ0) is 23.3. The fourth-order valence-corrected chi connectivity index (χ4v) is 4.65. The van der Waals surface area contributed by atoms with E-state index in [0.29, 0.717) is 10.6 Å². The van der Waals surface area contributed by atoms with Crippen LogP contribution in [-0.4, -0.2) is 5.78 Å². The van der Waals surface area contributed by atoms with E-state index >= 15 is 0 Å². The summed E-state index contributed by atoms with van der Waals surface area (Å²) in [6, 6.07) is 41.4. The number of anilines is 1. The number of carbonyl (C=O) groups is 1. The van der Waals surface area contributed by atoms with Crippen molar-refractivity contribution >= 4 is 33.8 Å². The molecule has 0 saturated heterocycles. The molecule has 166 valence electrons. The monoisotopic (exact) mass is 461 g/mol. The lowest BCUT2D eigenvalue weighted by atomic mass is 9.81. The van der Waals surface area contributed by atoms with Crippen LogP contribution in [0.25, 0.3) is 10.8 Å². The molecular formula is C31H24ClNO. The Kier molecular flexibility index (Phi) is 6.42. The van der Waals surface area contributed by atoms with Gasteiger partial charge in [0.15, 0.2) is 5.78 Å². The summed E-state index contributed by atoms with van der Waals surface area (Å²) in [7, 11) is 0. The highest BCUT2D eigenvalue weighted by Crippen LogP contribution is 2.38. The van der Waals surface area contributed by atoms with Gasteiger partial charge >= 0.3 is 0 Å². The lowest BCUT2D eigenvalue weighted by Crippen LogP contribution is -2.26. The lowest BCUT2D eigenvalue weighted by Gasteiger charge is -2.29. The van der Waals surface area contributed by atoms with E-state index in [-0.39, 0.29) is 11.8 Å². The van der Waals surface area contributed by atoms with E-state index in [2.05, 4.69) is 35.6 Å². The Morgan fingerprint density at radius 3 is 2.00 bits per heavy atom. The van der Waals surface area contributed by atoms with Crippen LogP contribution in [-0.2, 0) is 0 Å². The number of hydrogen-bond acceptors (Lipinski definition) is 2. The van der Waals surface area contributed by atoms with Crippen molar-refractivity contribution in [3.05, 3.63) is 149 Å². The van der Waals surface area contributed by atoms with Crippen molar-refractivity contribution < 1.29 is 4.79 Å². The normalized spacial score (nSPS) is 12.7. The van der Waals surface area contributed by atoms with Crippen molar-refractivity contribution in [3.63, 3.8) is 0 Å². The smallest absolute Gasteiger partial charge is 0.172 e. The van der Waals surface area contributed by atoms with Gasteiger partial charge in [0, 0.05) is 16.3 Å². The molecule has 0 aliphatic heterocycles. The van der Waals surface area contributed by atoms with Crippen LogP contribution >= 0.6 is 11.6 Å². The molecule has 0 aliphatic carbocycles. The molecule has 5 aromatic carbocycles. The topological polar surface area (TPSA) is 29.1 Å². The van der Waals surface area contributed by atoms with Crippen LogP contribution in [0.4, 0.5) is 5.69 Å². The molecule has 0 radical (unpaired) electrons. The molecule has 0 spiro atoms. The number of fused-ring (bicyclic) bond motifs is 1. The predicted octanol–water partition coefficient (Wildman–Crippen LogP) is 8.31. The predicted molar refractivity (Wildman–Crippen MR) is 142 cm³/mol. The first kappa shape index (κ1) is 21.9. The van der Waals surface area contributed by atoms with E-state index in [1.165, 1.54) is 5.39 Å². The van der Waals surface area contributed by atoms with Gasteiger partial charge in [-0.05, 0) is 46.2 Å². The summed E-state index contributed by atoms with van der Waals surface area (Å²) in [6.45, 7) is 0. The summed E-state index contributed by atoms with van der Waals surface area (Å²) in [5.74, 6) is -0.390. The van der Waals surface area contributed by atoms with Crippen molar-refractivity contribution in [2.75, 3.05) is 5.32 Å². The molecule has 3 heteroatoms. The van der Waals surface area contributed by atoms with E-state index in [0.717, 1.165) is 22.2 Å². The Balaban J connectivity index is 1.64. The summed E-state index contributed by atoms with van der Waals surface area (Å²) in [6.07, 6.45) is 0. The molecule has 5 aromatic rings. The number of rotatable bonds is 7. The number of halogens is 1. The second-order valence-electron chi connectivity index (χ2n) is 8.36. The van der Waals surface area contributed by atoms with Crippen LogP contribution < -0.4 is 5.32 Å². The minimum absolute atomic E-state index is 0.0602. The lowest BCUT2D eigenvalue weighted by molar-refractivity contribution is 0.0950. The van der Waals surface area contributed by atoms with Gasteiger partial charge in [-0.3, -0.25) is 4.79 Å². The maximum absolute atomic E-state index is 14.0. The summed E-state index contributed by atoms with van der Waals surface area (Å²) in [5.41, 5.74) is 3.54. The van der Waals surface area contributed by atoms with Crippen molar-refractivity contribution in [2.24, 2.45) is 0 Å². The molecule has 0 heterocycles. The Bertz CT molecular complexity index is 1420. The Labute approximate surface area is 204 Å². The zero-order valence-electron chi connectivity index (χ0n) is 18.6. The van der Waals surface area contributed by atoms with Crippen LogP contribution in [0.5, 0.6) is 0 Å². The van der Waals surface area contributed by atoms with Crippen molar-refractivity contribution in [3.8, 4) is 0 Å². The third-order valence-corrected chi connectivity index (χ3v) is 6.35. The fraction of sp³-hybridized carbons (Fsp3) is 0.0645. The van der Waals surface area contributed by atoms with Crippen LogP contribution in [0.1, 0.15) is 33.4 Å². The molecule has 0 bridgehead atoms. The molecule has 0 amide bonds. The zero-order valence-corrected chi connectivity index (χ0v) is 19.3. The SMILES string of the molecule is O=C(c1ccccc1)C(c1ccccc1)C(Nc1ccc2ccccc2c1)c1cccc(Cl)c1. The number of benzene rings is 5. The molecule has 0 aromatic heterocycles. The van der Waals surface area contributed by atoms with Crippen molar-refractivity contribution in [2.45, 2.75) is 12.0 Å². The average Bonchev–Trinajstić information content (AvgIpc) is 2.89. The molecule has 1 N–H and O–H groups in total. The Hall–Kier alpha value is -3.88. The van der Waals surface area contributed by atoms with Crippen molar-refractivity contribution in [1.29, 1.82) is 0 Å². The van der Waals surface area contributed by atoms with Gasteiger partial charge in [0.25, 0.3) is 0 Å². The van der Waals surface area contributed by atoms with Gasteiger partial charge in [-0.25, -0.2) is 0 Å². The van der Waals surface area contributed by atoms with Crippen LogP contribution in [0, 0.1) is 0 Å². The molecule has 34 heavy (non-hydrogen) atoms. The molecule has 0 fully saturated rings. The van der Waals surface area contributed by atoms with Crippen LogP contribution in [0.15, 0.2) is 127 Å². The Morgan fingerprint density at radius 2 is 1.26 bits per heavy atom. The number of carbonyl (C=O) groups excluding carboxylic acids is 1. The average molecular weight is 462 g/mol. The third-order valence-electron chi connectivity index (χ3n) is 6.11. The standard InChI is InChI=1S/C31H24ClNO/c32-27-17-9-16-26(20-27)30(33-28-19-18-22-10-7-8-15-25(22)21-28)29(23-11-3-1-4-12-23)31(34)24-13-5-2-6-14-24/h1-21,29-30,33H. The van der Waals surface area contributed by atoms with Crippen molar-refractivity contribution in [1.82, 2.24) is 0 Å². The summed E-state index contributed by atoms with van der Waals surface area (Å²) < 4.78 is 0. The van der Waals surface area contributed by atoms with Gasteiger partial charge in [0.2, 0.25) is 0 Å². The minimum Gasteiger partial charge on any atom is -0.377 e. The quantitative estimate of drug-likeness (QED) is 0.247. The first-order chi connectivity index (χ1) is 16.7. The largest absolute Gasteiger partial charge is 0.377 e. The summed E-state index contributed by atoms with van der Waals surface area (Å²) in [4.78, 5) is 14.0. The minimum atomic E-state index is -0.450. The summed E-state index contributed by atoms with van der Waals surface area (Å²) in [5, 5.41) is 6.64. The van der Waals surface area contributed by atoms with E-state index in [1.807, 2.05) is 97.1 Å². The second kappa shape index (κ2) is 9.94. The number of ketones is 1. The van der Waals surface area contributed by atoms with E-state index in [1.54, 1.807) is 0 Å².